The van der Waals surface area contributed by atoms with Gasteiger partial charge in [0, 0.05) is 29.4 Å². The molecule has 0 atom stereocenters. The van der Waals surface area contributed by atoms with E-state index in [1.807, 2.05) is 0 Å². The van der Waals surface area contributed by atoms with E-state index in [9.17, 15) is 29.3 Å². The Kier molecular flexibility index (Phi) is 6.60. The number of hydrogen-bond donors (Lipinski definition) is 2. The van der Waals surface area contributed by atoms with Gasteiger partial charge in [-0.2, -0.15) is 0 Å². The van der Waals surface area contributed by atoms with Gasteiger partial charge in [-0.15, -0.1) is 0 Å². The minimum absolute atomic E-state index is 0.0929. The number of hydrazine groups is 1. The van der Waals surface area contributed by atoms with Crippen LogP contribution in [0.4, 0.5) is 17.1 Å². The molecule has 1 heterocycles. The predicted octanol–water partition coefficient (Wildman–Crippen LogP) is 2.31. The van der Waals surface area contributed by atoms with Crippen molar-refractivity contribution in [2.45, 2.75) is 12.8 Å². The van der Waals surface area contributed by atoms with Crippen molar-refractivity contribution in [3.8, 4) is 0 Å². The Balaban J connectivity index is 1.55. The van der Waals surface area contributed by atoms with Crippen molar-refractivity contribution >= 4 is 56.7 Å². The minimum Gasteiger partial charge on any atom is -0.452 e. The second-order valence-corrected chi connectivity index (χ2v) is 7.21. The third-order valence-corrected chi connectivity index (χ3v) is 4.84. The Hall–Kier alpha value is -3.80. The van der Waals surface area contributed by atoms with Gasteiger partial charge in [0.2, 0.25) is 11.8 Å². The maximum Gasteiger partial charge on any atom is 0.338 e. The zero-order valence-electron chi connectivity index (χ0n) is 15.8. The van der Waals surface area contributed by atoms with Gasteiger partial charge in [-0.1, -0.05) is 0 Å². The number of anilines is 2. The van der Waals surface area contributed by atoms with Gasteiger partial charge < -0.3 is 10.1 Å². The molecule has 3 amide bonds. The van der Waals surface area contributed by atoms with Crippen molar-refractivity contribution in [1.29, 1.82) is 0 Å². The summed E-state index contributed by atoms with van der Waals surface area (Å²) in [4.78, 5) is 57.7. The number of nitrogens with one attached hydrogen (secondary N) is 2. The number of nitrogens with zero attached hydrogens (tertiary/aromatic N) is 2. The molecular formula is C19H15BrN4O7. The van der Waals surface area contributed by atoms with Gasteiger partial charge in [0.1, 0.15) is 0 Å². The normalized spacial score (nSPS) is 13.4. The maximum atomic E-state index is 12.2. The van der Waals surface area contributed by atoms with Gasteiger partial charge in [0.05, 0.1) is 21.9 Å². The monoisotopic (exact) mass is 490 g/mol. The van der Waals surface area contributed by atoms with Crippen molar-refractivity contribution in [3.05, 3.63) is 62.6 Å². The van der Waals surface area contributed by atoms with Crippen molar-refractivity contribution in [3.63, 3.8) is 0 Å². The lowest BCUT2D eigenvalue weighted by molar-refractivity contribution is -0.384. The molecule has 0 radical (unpaired) electrons. The summed E-state index contributed by atoms with van der Waals surface area (Å²) >= 11 is 3.13. The van der Waals surface area contributed by atoms with Crippen LogP contribution >= 0.6 is 15.9 Å². The quantitative estimate of drug-likeness (QED) is 0.358. The molecule has 1 aliphatic heterocycles. The number of carbonyl (C=O) groups excluding carboxylic acids is 4. The molecule has 2 aromatic rings. The first-order valence-corrected chi connectivity index (χ1v) is 9.67. The fraction of sp³-hybridized carbons (Fsp3) is 0.158. The number of benzene rings is 2. The summed E-state index contributed by atoms with van der Waals surface area (Å²) < 4.78 is 5.26. The molecular weight excluding hydrogens is 476 g/mol. The molecule has 1 saturated heterocycles. The standard InChI is InChI=1S/C19H15BrN4O7/c20-14-9-13(24(29)30)5-6-15(14)21-17(26)10-31-19(28)11-1-3-12(4-2-11)23-18(27)8-7-16(25)22-23/h1-6,9H,7-8,10H2,(H,21,26)(H,22,25). The van der Waals surface area contributed by atoms with Crippen LogP contribution in [0.15, 0.2) is 46.9 Å². The molecule has 160 valence electrons. The van der Waals surface area contributed by atoms with E-state index < -0.39 is 23.4 Å². The van der Waals surface area contributed by atoms with Crippen LogP contribution in [0, 0.1) is 10.1 Å². The average Bonchev–Trinajstić information content (AvgIpc) is 2.75. The van der Waals surface area contributed by atoms with Crippen LogP contribution in [0.25, 0.3) is 0 Å². The zero-order chi connectivity index (χ0) is 22.5. The molecule has 0 bridgehead atoms. The average molecular weight is 491 g/mol. The van der Waals surface area contributed by atoms with Crippen molar-refractivity contribution in [2.75, 3.05) is 16.9 Å². The molecule has 0 aromatic heterocycles. The minimum atomic E-state index is -0.765. The largest absolute Gasteiger partial charge is 0.452 e. The van der Waals surface area contributed by atoms with Crippen molar-refractivity contribution < 1.29 is 28.8 Å². The zero-order valence-corrected chi connectivity index (χ0v) is 17.4. The number of nitro benzene ring substituents is 1. The highest BCUT2D eigenvalue weighted by atomic mass is 79.9. The lowest BCUT2D eigenvalue weighted by Gasteiger charge is -2.27. The number of amides is 3. The Morgan fingerprint density at radius 3 is 2.52 bits per heavy atom. The number of non-ortho nitro benzene ring substituents is 1. The SMILES string of the molecule is O=C(COC(=O)c1ccc(N2NC(=O)CCC2=O)cc1)Nc1ccc([N+](=O)[O-])cc1Br. The van der Waals surface area contributed by atoms with Crippen LogP contribution in [-0.4, -0.2) is 35.2 Å². The predicted molar refractivity (Wildman–Crippen MR) is 111 cm³/mol. The highest BCUT2D eigenvalue weighted by Gasteiger charge is 2.24. The number of rotatable bonds is 6. The number of halogens is 1. The summed E-state index contributed by atoms with van der Waals surface area (Å²) in [5.74, 6) is -1.96. The highest BCUT2D eigenvalue weighted by Crippen LogP contribution is 2.27. The number of carbonyl (C=O) groups is 4. The highest BCUT2D eigenvalue weighted by molar-refractivity contribution is 9.10. The molecule has 1 fully saturated rings. The number of hydrogen-bond acceptors (Lipinski definition) is 7. The Morgan fingerprint density at radius 1 is 1.16 bits per heavy atom. The van der Waals surface area contributed by atoms with E-state index in [0.717, 1.165) is 5.01 Å². The Morgan fingerprint density at radius 2 is 1.87 bits per heavy atom. The Bertz CT molecular complexity index is 1070. The lowest BCUT2D eigenvalue weighted by Crippen LogP contribution is -2.50. The van der Waals surface area contributed by atoms with Gasteiger partial charge in [0.15, 0.2) is 6.61 Å². The molecule has 0 spiro atoms. The van der Waals surface area contributed by atoms with Gasteiger partial charge in [-0.25, -0.2) is 9.80 Å². The maximum absolute atomic E-state index is 12.2. The first-order chi connectivity index (χ1) is 14.7. The summed E-state index contributed by atoms with van der Waals surface area (Å²) in [6.07, 6.45) is 0.216. The van der Waals surface area contributed by atoms with Crippen LogP contribution < -0.4 is 15.8 Å². The fourth-order valence-corrected chi connectivity index (χ4v) is 3.12. The second kappa shape index (κ2) is 9.34. The lowest BCUT2D eigenvalue weighted by atomic mass is 10.2. The van der Waals surface area contributed by atoms with Gasteiger partial charge in [-0.3, -0.25) is 29.9 Å². The third kappa shape index (κ3) is 5.42. The summed E-state index contributed by atoms with van der Waals surface area (Å²) in [5, 5.41) is 14.3. The topological polar surface area (TPSA) is 148 Å². The van der Waals surface area contributed by atoms with Crippen molar-refractivity contribution in [2.24, 2.45) is 0 Å². The molecule has 2 N–H and O–H groups in total. The van der Waals surface area contributed by atoms with Crippen LogP contribution in [0.2, 0.25) is 0 Å². The number of esters is 1. The molecule has 11 nitrogen and oxygen atoms in total. The molecule has 12 heteroatoms. The number of ether oxygens (including phenoxy) is 1. The fourth-order valence-electron chi connectivity index (χ4n) is 2.65. The molecule has 2 aromatic carbocycles. The van der Waals surface area contributed by atoms with Crippen LogP contribution in [-0.2, 0) is 19.1 Å². The van der Waals surface area contributed by atoms with E-state index >= 15 is 0 Å². The van der Waals surface area contributed by atoms with Gasteiger partial charge in [0.25, 0.3) is 11.6 Å². The molecule has 0 aliphatic carbocycles. The van der Waals surface area contributed by atoms with E-state index in [4.69, 9.17) is 4.74 Å². The molecule has 0 saturated carbocycles. The van der Waals surface area contributed by atoms with E-state index in [2.05, 4.69) is 26.7 Å². The summed E-state index contributed by atoms with van der Waals surface area (Å²) in [6.45, 7) is -0.579. The smallest absolute Gasteiger partial charge is 0.338 e. The van der Waals surface area contributed by atoms with E-state index in [1.54, 1.807) is 0 Å². The third-order valence-electron chi connectivity index (χ3n) is 4.18. The van der Waals surface area contributed by atoms with E-state index in [-0.39, 0.29) is 41.6 Å². The molecule has 3 rings (SSSR count). The summed E-state index contributed by atoms with van der Waals surface area (Å²) in [6, 6.07) is 9.54. The van der Waals surface area contributed by atoms with E-state index in [0.29, 0.717) is 10.2 Å². The molecule has 0 unspecified atom stereocenters. The van der Waals surface area contributed by atoms with Crippen molar-refractivity contribution in [1.82, 2.24) is 5.43 Å². The Labute approximate surface area is 183 Å². The van der Waals surface area contributed by atoms with Gasteiger partial charge >= 0.3 is 5.97 Å². The summed E-state index contributed by atoms with van der Waals surface area (Å²) in [5.41, 5.74) is 3.10. The molecule has 1 aliphatic rings. The van der Waals surface area contributed by atoms with Crippen LogP contribution in [0.3, 0.4) is 0 Å². The summed E-state index contributed by atoms with van der Waals surface area (Å²) in [7, 11) is 0. The number of nitro groups is 1. The van der Waals surface area contributed by atoms with E-state index in [1.165, 1.54) is 42.5 Å². The van der Waals surface area contributed by atoms with Crippen LogP contribution in [0.5, 0.6) is 0 Å². The first-order valence-electron chi connectivity index (χ1n) is 8.88. The molecule has 31 heavy (non-hydrogen) atoms. The second-order valence-electron chi connectivity index (χ2n) is 6.36. The van der Waals surface area contributed by atoms with Gasteiger partial charge in [-0.05, 0) is 46.3 Å². The first kappa shape index (κ1) is 21.9. The van der Waals surface area contributed by atoms with Crippen LogP contribution in [0.1, 0.15) is 23.2 Å².